The number of thiophene rings is 1. The molecule has 1 aromatic heterocycles. The van der Waals surface area contributed by atoms with Crippen LogP contribution in [0.3, 0.4) is 0 Å². The quantitative estimate of drug-likeness (QED) is 0.821. The highest BCUT2D eigenvalue weighted by Gasteiger charge is 2.10. The first kappa shape index (κ1) is 13.7. The molecule has 16 heavy (non-hydrogen) atoms. The van der Waals surface area contributed by atoms with Crippen LogP contribution in [0.5, 0.6) is 0 Å². The van der Waals surface area contributed by atoms with Gasteiger partial charge in [-0.1, -0.05) is 13.8 Å². The first-order valence-electron chi connectivity index (χ1n) is 5.20. The van der Waals surface area contributed by atoms with Crippen LogP contribution in [-0.2, 0) is 4.74 Å². The SMILES string of the molecule is CC(C)COCCNC(=O)c1sccc1Br. The molecule has 0 aromatic carbocycles. The predicted octanol–water partition coefficient (Wildman–Crippen LogP) is 2.91. The maximum atomic E-state index is 11.6. The number of amides is 1. The summed E-state index contributed by atoms with van der Waals surface area (Å²) in [5.74, 6) is 0.483. The fourth-order valence-corrected chi connectivity index (χ4v) is 2.56. The van der Waals surface area contributed by atoms with Gasteiger partial charge < -0.3 is 10.1 Å². The molecule has 0 aliphatic rings. The summed E-state index contributed by atoms with van der Waals surface area (Å²) in [5, 5.41) is 4.70. The van der Waals surface area contributed by atoms with Crippen molar-refractivity contribution in [2.75, 3.05) is 19.8 Å². The fourth-order valence-electron chi connectivity index (χ4n) is 1.09. The first-order valence-corrected chi connectivity index (χ1v) is 6.87. The van der Waals surface area contributed by atoms with E-state index in [4.69, 9.17) is 4.74 Å². The lowest BCUT2D eigenvalue weighted by molar-refractivity contribution is 0.0889. The minimum Gasteiger partial charge on any atom is -0.379 e. The van der Waals surface area contributed by atoms with E-state index < -0.39 is 0 Å². The van der Waals surface area contributed by atoms with Gasteiger partial charge in [-0.2, -0.15) is 0 Å². The summed E-state index contributed by atoms with van der Waals surface area (Å²) in [4.78, 5) is 12.3. The molecule has 0 saturated carbocycles. The topological polar surface area (TPSA) is 38.3 Å². The summed E-state index contributed by atoms with van der Waals surface area (Å²) in [7, 11) is 0. The molecule has 1 amide bonds. The van der Waals surface area contributed by atoms with Crippen molar-refractivity contribution in [2.24, 2.45) is 5.92 Å². The van der Waals surface area contributed by atoms with Gasteiger partial charge in [-0.3, -0.25) is 4.79 Å². The van der Waals surface area contributed by atoms with Crippen molar-refractivity contribution < 1.29 is 9.53 Å². The highest BCUT2D eigenvalue weighted by atomic mass is 79.9. The van der Waals surface area contributed by atoms with Crippen molar-refractivity contribution in [3.63, 3.8) is 0 Å². The molecule has 1 heterocycles. The molecule has 0 bridgehead atoms. The third-order valence-electron chi connectivity index (χ3n) is 1.81. The molecule has 0 aliphatic carbocycles. The predicted molar refractivity (Wildman–Crippen MR) is 70.0 cm³/mol. The molecule has 1 aromatic rings. The van der Waals surface area contributed by atoms with Crippen LogP contribution in [0.2, 0.25) is 0 Å². The number of halogens is 1. The van der Waals surface area contributed by atoms with Crippen LogP contribution in [0.25, 0.3) is 0 Å². The molecular formula is C11H16BrNO2S. The zero-order valence-corrected chi connectivity index (χ0v) is 11.9. The van der Waals surface area contributed by atoms with Crippen molar-refractivity contribution in [1.29, 1.82) is 0 Å². The standard InChI is InChI=1S/C11H16BrNO2S/c1-8(2)7-15-5-4-13-11(14)10-9(12)3-6-16-10/h3,6,8H,4-5,7H2,1-2H3,(H,13,14). The van der Waals surface area contributed by atoms with Crippen molar-refractivity contribution >= 4 is 33.2 Å². The fraction of sp³-hybridized carbons (Fsp3) is 0.545. The van der Waals surface area contributed by atoms with E-state index in [1.54, 1.807) is 0 Å². The Balaban J connectivity index is 2.19. The van der Waals surface area contributed by atoms with Gasteiger partial charge in [-0.05, 0) is 33.3 Å². The number of hydrogen-bond acceptors (Lipinski definition) is 3. The van der Waals surface area contributed by atoms with Crippen molar-refractivity contribution in [3.8, 4) is 0 Å². The lowest BCUT2D eigenvalue weighted by Crippen LogP contribution is -2.27. The Morgan fingerprint density at radius 2 is 2.38 bits per heavy atom. The molecular weight excluding hydrogens is 290 g/mol. The minimum atomic E-state index is -0.0463. The van der Waals surface area contributed by atoms with Crippen LogP contribution in [0.1, 0.15) is 23.5 Å². The van der Waals surface area contributed by atoms with Crippen LogP contribution >= 0.6 is 27.3 Å². The Morgan fingerprint density at radius 1 is 1.62 bits per heavy atom. The number of ether oxygens (including phenoxy) is 1. The number of carbonyl (C=O) groups excluding carboxylic acids is 1. The molecule has 0 fully saturated rings. The lowest BCUT2D eigenvalue weighted by atomic mass is 10.2. The highest BCUT2D eigenvalue weighted by molar-refractivity contribution is 9.10. The van der Waals surface area contributed by atoms with E-state index in [1.165, 1.54) is 11.3 Å². The molecule has 0 unspecified atom stereocenters. The zero-order valence-electron chi connectivity index (χ0n) is 9.46. The van der Waals surface area contributed by atoms with Gasteiger partial charge in [0.05, 0.1) is 6.61 Å². The van der Waals surface area contributed by atoms with Crippen molar-refractivity contribution in [3.05, 3.63) is 20.8 Å². The first-order chi connectivity index (χ1) is 7.61. The summed E-state index contributed by atoms with van der Waals surface area (Å²) < 4.78 is 6.22. The van der Waals surface area contributed by atoms with Gasteiger partial charge in [0.2, 0.25) is 0 Å². The second-order valence-electron chi connectivity index (χ2n) is 3.82. The van der Waals surface area contributed by atoms with Gasteiger partial charge in [0.1, 0.15) is 4.88 Å². The summed E-state index contributed by atoms with van der Waals surface area (Å²) in [6.07, 6.45) is 0. The van der Waals surface area contributed by atoms with Crippen LogP contribution in [0, 0.1) is 5.92 Å². The molecule has 1 rings (SSSR count). The maximum absolute atomic E-state index is 11.6. The lowest BCUT2D eigenvalue weighted by Gasteiger charge is -2.07. The van der Waals surface area contributed by atoms with E-state index in [0.29, 0.717) is 23.9 Å². The molecule has 0 saturated heterocycles. The molecule has 5 heteroatoms. The molecule has 0 atom stereocenters. The van der Waals surface area contributed by atoms with E-state index >= 15 is 0 Å². The van der Waals surface area contributed by atoms with E-state index in [0.717, 1.165) is 11.1 Å². The van der Waals surface area contributed by atoms with Crippen LogP contribution in [-0.4, -0.2) is 25.7 Å². The van der Waals surface area contributed by atoms with Crippen LogP contribution in [0.15, 0.2) is 15.9 Å². The van der Waals surface area contributed by atoms with Gasteiger partial charge >= 0.3 is 0 Å². The molecule has 0 spiro atoms. The molecule has 0 radical (unpaired) electrons. The van der Waals surface area contributed by atoms with E-state index in [2.05, 4.69) is 35.1 Å². The van der Waals surface area contributed by atoms with Gasteiger partial charge in [0, 0.05) is 17.6 Å². The largest absolute Gasteiger partial charge is 0.379 e. The monoisotopic (exact) mass is 305 g/mol. The van der Waals surface area contributed by atoms with E-state index in [-0.39, 0.29) is 5.91 Å². The molecule has 90 valence electrons. The number of rotatable bonds is 6. The average Bonchev–Trinajstić information content (AvgIpc) is 2.63. The number of nitrogens with one attached hydrogen (secondary N) is 1. The van der Waals surface area contributed by atoms with E-state index in [1.807, 2.05) is 11.4 Å². The van der Waals surface area contributed by atoms with Gasteiger partial charge in [0.15, 0.2) is 0 Å². The Labute approximate surface area is 108 Å². The average molecular weight is 306 g/mol. The summed E-state index contributed by atoms with van der Waals surface area (Å²) >= 11 is 4.75. The molecule has 3 nitrogen and oxygen atoms in total. The summed E-state index contributed by atoms with van der Waals surface area (Å²) in [6, 6.07) is 1.87. The second kappa shape index (κ2) is 7.04. The van der Waals surface area contributed by atoms with Gasteiger partial charge in [-0.15, -0.1) is 11.3 Å². The summed E-state index contributed by atoms with van der Waals surface area (Å²) in [5.41, 5.74) is 0. The van der Waals surface area contributed by atoms with Gasteiger partial charge in [-0.25, -0.2) is 0 Å². The molecule has 0 aliphatic heterocycles. The van der Waals surface area contributed by atoms with E-state index in [9.17, 15) is 4.79 Å². The Bertz CT molecular complexity index is 338. The number of hydrogen-bond donors (Lipinski definition) is 1. The Hall–Kier alpha value is -0.390. The van der Waals surface area contributed by atoms with Crippen molar-refractivity contribution in [1.82, 2.24) is 5.32 Å². The third kappa shape index (κ3) is 4.63. The zero-order chi connectivity index (χ0) is 12.0. The number of carbonyl (C=O) groups is 1. The minimum absolute atomic E-state index is 0.0463. The maximum Gasteiger partial charge on any atom is 0.262 e. The third-order valence-corrected chi connectivity index (χ3v) is 3.64. The second-order valence-corrected chi connectivity index (χ2v) is 5.59. The normalized spacial score (nSPS) is 10.8. The molecule has 1 N–H and O–H groups in total. The van der Waals surface area contributed by atoms with Crippen LogP contribution < -0.4 is 5.32 Å². The smallest absolute Gasteiger partial charge is 0.262 e. The highest BCUT2D eigenvalue weighted by Crippen LogP contribution is 2.22. The Kier molecular flexibility index (Phi) is 6.01. The van der Waals surface area contributed by atoms with Gasteiger partial charge in [0.25, 0.3) is 5.91 Å². The van der Waals surface area contributed by atoms with Crippen molar-refractivity contribution in [2.45, 2.75) is 13.8 Å². The Morgan fingerprint density at radius 3 is 2.94 bits per heavy atom. The summed E-state index contributed by atoms with van der Waals surface area (Å²) in [6.45, 7) is 6.05. The van der Waals surface area contributed by atoms with Crippen LogP contribution in [0.4, 0.5) is 0 Å².